The van der Waals surface area contributed by atoms with Gasteiger partial charge in [-0.05, 0) is 18.6 Å². The molecule has 0 radical (unpaired) electrons. The quantitative estimate of drug-likeness (QED) is 0.811. The first kappa shape index (κ1) is 15.4. The van der Waals surface area contributed by atoms with Crippen molar-refractivity contribution in [2.24, 2.45) is 5.73 Å². The van der Waals surface area contributed by atoms with E-state index in [1.807, 2.05) is 0 Å². The topological polar surface area (TPSA) is 92.9 Å². The van der Waals surface area contributed by atoms with Crippen molar-refractivity contribution in [2.45, 2.75) is 30.5 Å². The molecule has 0 bridgehead atoms. The second kappa shape index (κ2) is 6.19. The molecule has 2 atom stereocenters. The number of hydrogen-bond acceptors (Lipinski definition) is 5. The number of nitrogens with zero attached hydrogens (tertiary/aromatic N) is 1. The molecular formula is C13H20N2O4S. The predicted molar refractivity (Wildman–Crippen MR) is 74.5 cm³/mol. The highest BCUT2D eigenvalue weighted by atomic mass is 32.2. The van der Waals surface area contributed by atoms with Crippen LogP contribution in [0, 0.1) is 0 Å². The Morgan fingerprint density at radius 2 is 2.15 bits per heavy atom. The van der Waals surface area contributed by atoms with Gasteiger partial charge in [0.05, 0.1) is 24.2 Å². The Kier molecular flexibility index (Phi) is 4.77. The normalized spacial score (nSPS) is 24.8. The molecule has 0 aromatic heterocycles. The molecule has 1 heterocycles. The minimum absolute atomic E-state index is 0.152. The summed E-state index contributed by atoms with van der Waals surface area (Å²) in [4.78, 5) is 0.230. The highest BCUT2D eigenvalue weighted by Crippen LogP contribution is 2.24. The zero-order valence-electron chi connectivity index (χ0n) is 11.4. The maximum absolute atomic E-state index is 12.8. The zero-order chi connectivity index (χ0) is 14.8. The Balaban J connectivity index is 2.38. The maximum atomic E-state index is 12.8. The van der Waals surface area contributed by atoms with E-state index < -0.39 is 16.1 Å². The van der Waals surface area contributed by atoms with E-state index in [0.717, 1.165) is 0 Å². The van der Waals surface area contributed by atoms with Crippen LogP contribution in [0.25, 0.3) is 0 Å². The van der Waals surface area contributed by atoms with Gasteiger partial charge in [-0.3, -0.25) is 0 Å². The summed E-state index contributed by atoms with van der Waals surface area (Å²) in [5.41, 5.74) is 6.21. The Bertz CT molecular complexity index is 561. The van der Waals surface area contributed by atoms with Crippen LogP contribution >= 0.6 is 0 Å². The van der Waals surface area contributed by atoms with Gasteiger partial charge in [-0.15, -0.1) is 0 Å². The van der Waals surface area contributed by atoms with Crippen LogP contribution in [-0.4, -0.2) is 49.7 Å². The van der Waals surface area contributed by atoms with Gasteiger partial charge in [0, 0.05) is 19.1 Å². The average Bonchev–Trinajstić information content (AvgIpc) is 2.47. The van der Waals surface area contributed by atoms with Crippen molar-refractivity contribution in [3.05, 3.63) is 29.8 Å². The molecule has 1 aromatic rings. The van der Waals surface area contributed by atoms with Gasteiger partial charge in [0.1, 0.15) is 0 Å². The van der Waals surface area contributed by atoms with Crippen LogP contribution in [-0.2, 0) is 21.3 Å². The summed E-state index contributed by atoms with van der Waals surface area (Å²) in [6.45, 7) is 2.18. The second-order valence-electron chi connectivity index (χ2n) is 4.87. The van der Waals surface area contributed by atoms with Crippen LogP contribution in [0.4, 0.5) is 0 Å². The van der Waals surface area contributed by atoms with Gasteiger partial charge in [-0.2, -0.15) is 4.31 Å². The summed E-state index contributed by atoms with van der Waals surface area (Å²) in [6.07, 6.45) is -0.481. The number of rotatable bonds is 4. The monoisotopic (exact) mass is 300 g/mol. The Hall–Kier alpha value is -0.990. The molecule has 7 heteroatoms. The number of nitrogens with two attached hydrogens (primary N) is 1. The van der Waals surface area contributed by atoms with E-state index in [1.54, 1.807) is 31.2 Å². The van der Waals surface area contributed by atoms with Gasteiger partial charge >= 0.3 is 0 Å². The molecule has 0 saturated carbocycles. The summed E-state index contributed by atoms with van der Waals surface area (Å²) in [5, 5.41) is 9.17. The zero-order valence-corrected chi connectivity index (χ0v) is 12.2. The first-order valence-corrected chi connectivity index (χ1v) is 7.97. The molecule has 0 aliphatic carbocycles. The third-order valence-electron chi connectivity index (χ3n) is 3.43. The van der Waals surface area contributed by atoms with E-state index >= 15 is 0 Å². The van der Waals surface area contributed by atoms with Gasteiger partial charge in [0.2, 0.25) is 10.0 Å². The molecule has 20 heavy (non-hydrogen) atoms. The number of aliphatic hydroxyl groups is 1. The number of hydrogen-bond donors (Lipinski definition) is 2. The SMILES string of the molecule is CC1COC(CO)CN1S(=O)(=O)c1ccccc1CN. The molecule has 1 fully saturated rings. The number of sulfonamides is 1. The van der Waals surface area contributed by atoms with Crippen LogP contribution in [0.15, 0.2) is 29.2 Å². The highest BCUT2D eigenvalue weighted by molar-refractivity contribution is 7.89. The smallest absolute Gasteiger partial charge is 0.243 e. The lowest BCUT2D eigenvalue weighted by molar-refractivity contribution is -0.0516. The first-order chi connectivity index (χ1) is 9.50. The van der Waals surface area contributed by atoms with Crippen molar-refractivity contribution >= 4 is 10.0 Å². The molecule has 112 valence electrons. The summed E-state index contributed by atoms with van der Waals surface area (Å²) in [5.74, 6) is 0. The molecule has 1 aliphatic heterocycles. The summed E-state index contributed by atoms with van der Waals surface area (Å²) >= 11 is 0. The minimum atomic E-state index is -3.63. The Morgan fingerprint density at radius 3 is 2.80 bits per heavy atom. The van der Waals surface area contributed by atoms with Crippen molar-refractivity contribution in [2.75, 3.05) is 19.8 Å². The molecule has 1 saturated heterocycles. The molecule has 3 N–H and O–H groups in total. The van der Waals surface area contributed by atoms with Gasteiger partial charge in [0.15, 0.2) is 0 Å². The molecule has 2 unspecified atom stereocenters. The third kappa shape index (κ3) is 2.87. The van der Waals surface area contributed by atoms with Crippen molar-refractivity contribution in [1.82, 2.24) is 4.31 Å². The molecular weight excluding hydrogens is 280 g/mol. The van der Waals surface area contributed by atoms with Gasteiger partial charge in [-0.1, -0.05) is 18.2 Å². The van der Waals surface area contributed by atoms with Crippen LogP contribution in [0.2, 0.25) is 0 Å². The fourth-order valence-corrected chi connectivity index (χ4v) is 4.17. The molecule has 1 aliphatic rings. The van der Waals surface area contributed by atoms with Crippen LogP contribution in [0.5, 0.6) is 0 Å². The predicted octanol–water partition coefficient (Wildman–Crippen LogP) is -0.0844. The summed E-state index contributed by atoms with van der Waals surface area (Å²) in [7, 11) is -3.63. The second-order valence-corrected chi connectivity index (χ2v) is 6.73. The molecule has 2 rings (SSSR count). The van der Waals surface area contributed by atoms with E-state index in [4.69, 9.17) is 15.6 Å². The van der Waals surface area contributed by atoms with E-state index in [0.29, 0.717) is 5.56 Å². The molecule has 0 amide bonds. The number of benzene rings is 1. The number of ether oxygens (including phenoxy) is 1. The van der Waals surface area contributed by atoms with Crippen LogP contribution in [0.3, 0.4) is 0 Å². The molecule has 1 aromatic carbocycles. The molecule has 0 spiro atoms. The summed E-state index contributed by atoms with van der Waals surface area (Å²) in [6, 6.07) is 6.45. The largest absolute Gasteiger partial charge is 0.394 e. The van der Waals surface area contributed by atoms with Crippen molar-refractivity contribution in [3.8, 4) is 0 Å². The van der Waals surface area contributed by atoms with Gasteiger partial charge < -0.3 is 15.6 Å². The minimum Gasteiger partial charge on any atom is -0.394 e. The fourth-order valence-electron chi connectivity index (χ4n) is 2.29. The standard InChI is InChI=1S/C13H20N2O4S/c1-10-9-19-12(8-16)7-15(10)20(17,18)13-5-3-2-4-11(13)6-14/h2-5,10,12,16H,6-9,14H2,1H3. The van der Waals surface area contributed by atoms with Gasteiger partial charge in [0.25, 0.3) is 0 Å². The van der Waals surface area contributed by atoms with Crippen LogP contribution in [0.1, 0.15) is 12.5 Å². The first-order valence-electron chi connectivity index (χ1n) is 6.53. The third-order valence-corrected chi connectivity index (χ3v) is 5.51. The van der Waals surface area contributed by atoms with Gasteiger partial charge in [-0.25, -0.2) is 8.42 Å². The summed E-state index contributed by atoms with van der Waals surface area (Å²) < 4.78 is 32.3. The average molecular weight is 300 g/mol. The highest BCUT2D eigenvalue weighted by Gasteiger charge is 2.36. The Morgan fingerprint density at radius 1 is 1.45 bits per heavy atom. The molecule has 6 nitrogen and oxygen atoms in total. The van der Waals surface area contributed by atoms with Crippen LogP contribution < -0.4 is 5.73 Å². The number of aliphatic hydroxyl groups excluding tert-OH is 1. The Labute approximate surface area is 119 Å². The van der Waals surface area contributed by atoms with E-state index in [2.05, 4.69) is 0 Å². The lowest BCUT2D eigenvalue weighted by Gasteiger charge is -2.36. The maximum Gasteiger partial charge on any atom is 0.243 e. The van der Waals surface area contributed by atoms with Crippen molar-refractivity contribution in [1.29, 1.82) is 0 Å². The lowest BCUT2D eigenvalue weighted by Crippen LogP contribution is -2.52. The van der Waals surface area contributed by atoms with Crippen molar-refractivity contribution < 1.29 is 18.3 Å². The van der Waals surface area contributed by atoms with Crippen molar-refractivity contribution in [3.63, 3.8) is 0 Å². The fraction of sp³-hybridized carbons (Fsp3) is 0.538. The van der Waals surface area contributed by atoms with E-state index in [-0.39, 0.29) is 37.2 Å². The number of morpholine rings is 1. The van der Waals surface area contributed by atoms with E-state index in [9.17, 15) is 8.42 Å². The lowest BCUT2D eigenvalue weighted by atomic mass is 10.2. The van der Waals surface area contributed by atoms with E-state index in [1.165, 1.54) is 4.31 Å².